The van der Waals surface area contributed by atoms with Crippen LogP contribution in [0.1, 0.15) is 34.3 Å². The van der Waals surface area contributed by atoms with Crippen LogP contribution in [0.5, 0.6) is 34.5 Å². The molecule has 0 saturated carbocycles. The molecule has 12 nitrogen and oxygen atoms in total. The third kappa shape index (κ3) is 5.39. The van der Waals surface area contributed by atoms with Crippen LogP contribution in [0.15, 0.2) is 54.6 Å². The summed E-state index contributed by atoms with van der Waals surface area (Å²) in [6.45, 7) is -0.284. The largest absolute Gasteiger partial charge is 0.508 e. The van der Waals surface area contributed by atoms with Gasteiger partial charge in [0.25, 0.3) is 0 Å². The van der Waals surface area contributed by atoms with Gasteiger partial charge in [0.2, 0.25) is 0 Å². The van der Waals surface area contributed by atoms with E-state index in [4.69, 9.17) is 14.2 Å². The second-order valence-corrected chi connectivity index (χ2v) is 10.2. The van der Waals surface area contributed by atoms with Crippen molar-refractivity contribution in [1.29, 1.82) is 0 Å². The summed E-state index contributed by atoms with van der Waals surface area (Å²) in [7, 11) is 0. The van der Waals surface area contributed by atoms with E-state index in [9.17, 15) is 45.3 Å². The lowest BCUT2D eigenvalue weighted by molar-refractivity contribution is -0.203. The van der Waals surface area contributed by atoms with Gasteiger partial charge in [-0.3, -0.25) is 4.79 Å². The molecule has 0 radical (unpaired) electrons. The molecule has 2 fully saturated rings. The first-order chi connectivity index (χ1) is 19.5. The van der Waals surface area contributed by atoms with E-state index < -0.39 is 53.3 Å². The Morgan fingerprint density at radius 1 is 0.878 bits per heavy atom. The normalized spacial score (nSPS) is 25.9. The number of phenolic OH excluding ortho intramolecular Hbond substituents is 6. The van der Waals surface area contributed by atoms with Gasteiger partial charge in [-0.15, -0.1) is 0 Å². The van der Waals surface area contributed by atoms with Crippen molar-refractivity contribution in [3.05, 3.63) is 71.3 Å². The first-order valence-corrected chi connectivity index (χ1v) is 12.8. The number of ether oxygens (including phenoxy) is 3. The minimum atomic E-state index is -1.67. The van der Waals surface area contributed by atoms with Crippen LogP contribution in [-0.2, 0) is 31.0 Å². The van der Waals surface area contributed by atoms with Gasteiger partial charge in [-0.05, 0) is 61.2 Å². The molecule has 3 aromatic carbocycles. The van der Waals surface area contributed by atoms with Gasteiger partial charge in [-0.1, -0.05) is 12.1 Å². The molecule has 41 heavy (non-hydrogen) atoms. The van der Waals surface area contributed by atoms with Crippen LogP contribution in [0.2, 0.25) is 0 Å². The van der Waals surface area contributed by atoms with Crippen molar-refractivity contribution in [2.45, 2.75) is 43.2 Å². The van der Waals surface area contributed by atoms with Crippen LogP contribution in [0.3, 0.4) is 0 Å². The number of phenols is 6. The molecule has 0 spiro atoms. The Labute approximate surface area is 233 Å². The average molecular weight is 569 g/mol. The number of carbonyl (C=O) groups excluding carboxylic acids is 2. The predicted molar refractivity (Wildman–Crippen MR) is 138 cm³/mol. The lowest BCUT2D eigenvalue weighted by Crippen LogP contribution is -2.54. The maximum atomic E-state index is 13.4. The Balaban J connectivity index is 1.47. The monoisotopic (exact) mass is 568 g/mol. The topological polar surface area (TPSA) is 203 Å². The summed E-state index contributed by atoms with van der Waals surface area (Å²) < 4.78 is 17.5. The van der Waals surface area contributed by atoms with Crippen molar-refractivity contribution >= 4 is 11.9 Å². The SMILES string of the molecule is O=C(O[C@H]1C([C@]2(c3ccc(O)c(O)c3)CC[C@H](Cc3ccc(O)c(O)c3)C(=O)O2)OC[C@@H]1O)c1cc(O)cc(O)c1. The van der Waals surface area contributed by atoms with Crippen molar-refractivity contribution < 1.29 is 59.5 Å². The van der Waals surface area contributed by atoms with Gasteiger partial charge < -0.3 is 50.0 Å². The van der Waals surface area contributed by atoms with Gasteiger partial charge in [0, 0.05) is 11.6 Å². The zero-order valence-corrected chi connectivity index (χ0v) is 21.5. The molecule has 2 aliphatic rings. The Morgan fingerprint density at radius 3 is 2.17 bits per heavy atom. The molecule has 216 valence electrons. The average Bonchev–Trinajstić information content (AvgIpc) is 3.28. The molecule has 0 aliphatic carbocycles. The van der Waals surface area contributed by atoms with Crippen LogP contribution < -0.4 is 0 Å². The number of aliphatic hydroxyl groups is 1. The second-order valence-electron chi connectivity index (χ2n) is 10.2. The highest BCUT2D eigenvalue weighted by atomic mass is 16.6. The molecule has 2 aliphatic heterocycles. The fourth-order valence-electron chi connectivity index (χ4n) is 5.38. The van der Waals surface area contributed by atoms with E-state index in [1.54, 1.807) is 6.07 Å². The molecule has 2 saturated heterocycles. The van der Waals surface area contributed by atoms with Gasteiger partial charge in [0.05, 0.1) is 18.1 Å². The number of carbonyl (C=O) groups is 2. The zero-order valence-electron chi connectivity index (χ0n) is 21.5. The highest BCUT2D eigenvalue weighted by Gasteiger charge is 2.57. The van der Waals surface area contributed by atoms with Crippen molar-refractivity contribution in [1.82, 2.24) is 0 Å². The second kappa shape index (κ2) is 10.7. The van der Waals surface area contributed by atoms with Crippen molar-refractivity contribution in [2.24, 2.45) is 5.92 Å². The van der Waals surface area contributed by atoms with Crippen LogP contribution in [-0.4, -0.2) is 72.6 Å². The van der Waals surface area contributed by atoms with Crippen LogP contribution in [0.25, 0.3) is 0 Å². The molecule has 0 amide bonds. The summed E-state index contributed by atoms with van der Waals surface area (Å²) in [6, 6.07) is 11.2. The quantitative estimate of drug-likeness (QED) is 0.169. The van der Waals surface area contributed by atoms with Gasteiger partial charge in [-0.2, -0.15) is 0 Å². The van der Waals surface area contributed by atoms with Crippen LogP contribution in [0, 0.1) is 5.92 Å². The number of cyclic esters (lactones) is 1. The summed E-state index contributed by atoms with van der Waals surface area (Å²) in [4.78, 5) is 26.4. The van der Waals surface area contributed by atoms with E-state index in [0.29, 0.717) is 5.56 Å². The van der Waals surface area contributed by atoms with Crippen molar-refractivity contribution in [2.75, 3.05) is 6.61 Å². The zero-order chi connectivity index (χ0) is 29.5. The Kier molecular flexibility index (Phi) is 7.28. The maximum Gasteiger partial charge on any atom is 0.338 e. The number of rotatable bonds is 6. The summed E-state index contributed by atoms with van der Waals surface area (Å²) in [5.41, 5.74) is -1.07. The van der Waals surface area contributed by atoms with E-state index in [1.165, 1.54) is 30.3 Å². The van der Waals surface area contributed by atoms with E-state index in [1.807, 2.05) is 0 Å². The van der Waals surface area contributed by atoms with Gasteiger partial charge in [0.1, 0.15) is 23.7 Å². The number of aliphatic hydroxyl groups excluding tert-OH is 1. The summed E-state index contributed by atoms with van der Waals surface area (Å²) in [6.07, 6.45) is -3.47. The number of aromatic hydroxyl groups is 6. The minimum absolute atomic E-state index is 0.0933. The summed E-state index contributed by atoms with van der Waals surface area (Å²) in [5, 5.41) is 69.9. The van der Waals surface area contributed by atoms with E-state index >= 15 is 0 Å². The van der Waals surface area contributed by atoms with Crippen LogP contribution >= 0.6 is 0 Å². The lowest BCUT2D eigenvalue weighted by atomic mass is 9.76. The van der Waals surface area contributed by atoms with Crippen molar-refractivity contribution in [3.63, 3.8) is 0 Å². The first kappa shape index (κ1) is 27.9. The number of hydrogen-bond acceptors (Lipinski definition) is 12. The molecule has 5 rings (SSSR count). The van der Waals surface area contributed by atoms with E-state index in [-0.39, 0.29) is 60.0 Å². The third-order valence-corrected chi connectivity index (χ3v) is 7.43. The predicted octanol–water partition coefficient (Wildman–Crippen LogP) is 2.30. The fraction of sp³-hybridized carbons (Fsp3) is 0.310. The molecule has 5 atom stereocenters. The Hall–Kier alpha value is -4.68. The first-order valence-electron chi connectivity index (χ1n) is 12.8. The minimum Gasteiger partial charge on any atom is -0.508 e. The molecule has 0 aromatic heterocycles. The van der Waals surface area contributed by atoms with Gasteiger partial charge in [-0.25, -0.2) is 4.79 Å². The summed E-state index contributed by atoms with van der Waals surface area (Å²) >= 11 is 0. The number of esters is 2. The molecule has 0 bridgehead atoms. The van der Waals surface area contributed by atoms with Gasteiger partial charge in [0.15, 0.2) is 34.7 Å². The van der Waals surface area contributed by atoms with Gasteiger partial charge >= 0.3 is 11.9 Å². The third-order valence-electron chi connectivity index (χ3n) is 7.43. The standard InChI is InChI=1S/C29H28O12/c30-18-9-16(10-19(31)12-18)27(37)40-25-24(36)13-39-26(25)29(17-2-4-21(33)23(35)11-17)6-5-15(28(38)41-29)7-14-1-3-20(32)22(34)8-14/h1-4,8-12,15,24-26,30-36H,5-7,13H2/t15-,24+,25-,26?,29-/m1/s1. The number of hydrogen-bond donors (Lipinski definition) is 7. The van der Waals surface area contributed by atoms with E-state index in [2.05, 4.69) is 0 Å². The molecular weight excluding hydrogens is 540 g/mol. The number of benzene rings is 3. The Morgan fingerprint density at radius 2 is 1.54 bits per heavy atom. The highest BCUT2D eigenvalue weighted by Crippen LogP contribution is 2.48. The molecule has 1 unspecified atom stereocenters. The lowest BCUT2D eigenvalue weighted by Gasteiger charge is -2.44. The highest BCUT2D eigenvalue weighted by molar-refractivity contribution is 5.90. The molecule has 12 heteroatoms. The fourth-order valence-corrected chi connectivity index (χ4v) is 5.38. The van der Waals surface area contributed by atoms with Crippen molar-refractivity contribution in [3.8, 4) is 34.5 Å². The van der Waals surface area contributed by atoms with Crippen LogP contribution in [0.4, 0.5) is 0 Å². The Bertz CT molecular complexity index is 1470. The van der Waals surface area contributed by atoms with E-state index in [0.717, 1.165) is 18.2 Å². The molecule has 3 aromatic rings. The summed E-state index contributed by atoms with van der Waals surface area (Å²) in [5.74, 6) is -4.65. The molecular formula is C29H28O12. The maximum absolute atomic E-state index is 13.4. The molecule has 2 heterocycles. The smallest absolute Gasteiger partial charge is 0.338 e. The molecule has 7 N–H and O–H groups in total.